The van der Waals surface area contributed by atoms with Crippen LogP contribution in [0.5, 0.6) is 11.8 Å². The molecule has 0 bridgehead atoms. The molecule has 2 aliphatic rings. The van der Waals surface area contributed by atoms with Gasteiger partial charge in [0.1, 0.15) is 24.2 Å². The van der Waals surface area contributed by atoms with Gasteiger partial charge < -0.3 is 24.3 Å². The lowest BCUT2D eigenvalue weighted by molar-refractivity contribution is -0.389. The normalized spacial score (nSPS) is 24.5. The first-order valence-electron chi connectivity index (χ1n) is 7.68. The van der Waals surface area contributed by atoms with Crippen LogP contribution in [0.4, 0.5) is 19.0 Å². The van der Waals surface area contributed by atoms with Crippen molar-refractivity contribution in [2.24, 2.45) is 0 Å². The van der Waals surface area contributed by atoms with Gasteiger partial charge in [-0.2, -0.15) is 0 Å². The summed E-state index contributed by atoms with van der Waals surface area (Å²) in [6.07, 6.45) is -4.01. The molecule has 11 heteroatoms. The van der Waals surface area contributed by atoms with Crippen LogP contribution >= 0.6 is 0 Å². The standard InChI is InChI=1S/C15H12F3N3O5/c16-15(17,18)26-9-3-1-8(2-4-9)10-5-11-12(24-10)6-20-7-13(21(22)23)19-14(20)25-11/h1-4,7,10-12H,5-6H2/t10-,11-,12-/m0/s1. The number of halogens is 3. The Balaban J connectivity index is 1.45. The SMILES string of the molecule is O=[N+]([O-])c1cn2c(n1)O[C@H]1C[C@@H](c3ccc(OC(F)(F)F)cc3)O[C@H]1C2. The predicted molar refractivity (Wildman–Crippen MR) is 78.7 cm³/mol. The Kier molecular flexibility index (Phi) is 3.75. The number of fused-ring (bicyclic) bond motifs is 2. The van der Waals surface area contributed by atoms with E-state index in [0.29, 0.717) is 18.5 Å². The summed E-state index contributed by atoms with van der Waals surface area (Å²) in [6.45, 7) is 0.354. The van der Waals surface area contributed by atoms with Crippen LogP contribution < -0.4 is 9.47 Å². The molecule has 3 atom stereocenters. The molecule has 3 heterocycles. The number of ether oxygens (including phenoxy) is 3. The maximum absolute atomic E-state index is 12.2. The second-order valence-electron chi connectivity index (χ2n) is 5.96. The lowest BCUT2D eigenvalue weighted by Gasteiger charge is -2.23. The molecule has 2 aliphatic heterocycles. The van der Waals surface area contributed by atoms with Gasteiger partial charge in [0.2, 0.25) is 0 Å². The zero-order chi connectivity index (χ0) is 18.5. The fraction of sp³-hybridized carbons (Fsp3) is 0.400. The Bertz CT molecular complexity index is 805. The maximum atomic E-state index is 12.2. The largest absolute Gasteiger partial charge is 0.573 e. The van der Waals surface area contributed by atoms with E-state index in [4.69, 9.17) is 9.47 Å². The molecular weight excluding hydrogens is 359 g/mol. The molecule has 0 spiro atoms. The van der Waals surface area contributed by atoms with Crippen LogP contribution in [0, 0.1) is 10.1 Å². The molecule has 4 rings (SSSR count). The van der Waals surface area contributed by atoms with Crippen molar-refractivity contribution in [2.75, 3.05) is 0 Å². The third-order valence-electron chi connectivity index (χ3n) is 4.23. The molecule has 1 aromatic heterocycles. The molecule has 0 saturated carbocycles. The lowest BCUT2D eigenvalue weighted by atomic mass is 10.0. The monoisotopic (exact) mass is 371 g/mol. The number of hydrogen-bond donors (Lipinski definition) is 0. The van der Waals surface area contributed by atoms with E-state index in [1.165, 1.54) is 35.0 Å². The van der Waals surface area contributed by atoms with Gasteiger partial charge in [-0.05, 0) is 22.6 Å². The van der Waals surface area contributed by atoms with Crippen molar-refractivity contribution in [3.8, 4) is 11.8 Å². The Morgan fingerprint density at radius 3 is 2.65 bits per heavy atom. The highest BCUT2D eigenvalue weighted by Gasteiger charge is 2.43. The minimum absolute atomic E-state index is 0.163. The van der Waals surface area contributed by atoms with Crippen LogP contribution in [0.1, 0.15) is 18.1 Å². The maximum Gasteiger partial charge on any atom is 0.573 e. The number of benzene rings is 1. The number of aromatic nitrogens is 2. The first-order valence-corrected chi connectivity index (χ1v) is 7.68. The van der Waals surface area contributed by atoms with Crippen molar-refractivity contribution in [2.45, 2.75) is 37.6 Å². The topological polar surface area (TPSA) is 88.7 Å². The molecule has 0 aliphatic carbocycles. The van der Waals surface area contributed by atoms with Crippen LogP contribution in [0.2, 0.25) is 0 Å². The van der Waals surface area contributed by atoms with E-state index in [1.807, 2.05) is 0 Å². The molecule has 1 aromatic carbocycles. The highest BCUT2D eigenvalue weighted by Crippen LogP contribution is 2.39. The molecule has 0 radical (unpaired) electrons. The van der Waals surface area contributed by atoms with Crippen molar-refractivity contribution in [3.63, 3.8) is 0 Å². The fourth-order valence-corrected chi connectivity index (χ4v) is 3.13. The molecule has 138 valence electrons. The van der Waals surface area contributed by atoms with Crippen molar-refractivity contribution in [1.82, 2.24) is 9.55 Å². The van der Waals surface area contributed by atoms with Gasteiger partial charge in [0.05, 0.1) is 12.6 Å². The molecule has 0 unspecified atom stereocenters. The fourth-order valence-electron chi connectivity index (χ4n) is 3.13. The van der Waals surface area contributed by atoms with Crippen LogP contribution in [-0.2, 0) is 11.3 Å². The summed E-state index contributed by atoms with van der Waals surface area (Å²) >= 11 is 0. The van der Waals surface area contributed by atoms with Gasteiger partial charge in [-0.15, -0.1) is 13.2 Å². The summed E-state index contributed by atoms with van der Waals surface area (Å²) in [4.78, 5) is 14.0. The van der Waals surface area contributed by atoms with Crippen LogP contribution in [-0.4, -0.2) is 33.0 Å². The molecule has 8 nitrogen and oxygen atoms in total. The first kappa shape index (κ1) is 16.6. The van der Waals surface area contributed by atoms with Crippen molar-refractivity contribution < 1.29 is 32.3 Å². The Morgan fingerprint density at radius 2 is 2.00 bits per heavy atom. The summed E-state index contributed by atoms with van der Waals surface area (Å²) in [5.41, 5.74) is 0.696. The van der Waals surface area contributed by atoms with Gasteiger partial charge in [0, 0.05) is 11.4 Å². The Hall–Kier alpha value is -2.82. The van der Waals surface area contributed by atoms with E-state index in [2.05, 4.69) is 9.72 Å². The minimum atomic E-state index is -4.74. The number of alkyl halides is 3. The molecule has 0 N–H and O–H groups in total. The smallest absolute Gasteiger partial charge is 0.440 e. The van der Waals surface area contributed by atoms with E-state index < -0.39 is 11.3 Å². The van der Waals surface area contributed by atoms with E-state index in [1.54, 1.807) is 0 Å². The third-order valence-corrected chi connectivity index (χ3v) is 4.23. The van der Waals surface area contributed by atoms with Crippen molar-refractivity contribution in [1.29, 1.82) is 0 Å². The van der Waals surface area contributed by atoms with Gasteiger partial charge in [-0.3, -0.25) is 4.57 Å². The second kappa shape index (κ2) is 5.87. The summed E-state index contributed by atoms with van der Waals surface area (Å²) in [5, 5.41) is 10.8. The van der Waals surface area contributed by atoms with E-state index in [-0.39, 0.29) is 35.9 Å². The molecule has 2 aromatic rings. The molecule has 0 amide bonds. The van der Waals surface area contributed by atoms with Crippen molar-refractivity contribution >= 4 is 5.82 Å². The average molecular weight is 371 g/mol. The van der Waals surface area contributed by atoms with E-state index in [9.17, 15) is 23.3 Å². The summed E-state index contributed by atoms with van der Waals surface area (Å²) < 4.78 is 53.6. The number of rotatable bonds is 3. The Morgan fingerprint density at radius 1 is 1.27 bits per heavy atom. The average Bonchev–Trinajstić information content (AvgIpc) is 3.14. The van der Waals surface area contributed by atoms with Crippen LogP contribution in [0.25, 0.3) is 0 Å². The van der Waals surface area contributed by atoms with Gasteiger partial charge in [-0.25, -0.2) is 0 Å². The van der Waals surface area contributed by atoms with Crippen LogP contribution in [0.15, 0.2) is 30.5 Å². The first-order chi connectivity index (χ1) is 12.3. The second-order valence-corrected chi connectivity index (χ2v) is 5.96. The molecule has 1 saturated heterocycles. The number of nitro groups is 1. The van der Waals surface area contributed by atoms with E-state index in [0.717, 1.165) is 0 Å². The summed E-state index contributed by atoms with van der Waals surface area (Å²) in [6, 6.07) is 5.63. The molecular formula is C15H12F3N3O5. The summed E-state index contributed by atoms with van der Waals surface area (Å²) in [5.74, 6) is -0.600. The van der Waals surface area contributed by atoms with Gasteiger partial charge in [0.25, 0.3) is 0 Å². The molecule has 26 heavy (non-hydrogen) atoms. The number of imidazole rings is 1. The number of nitrogens with zero attached hydrogens (tertiary/aromatic N) is 3. The zero-order valence-corrected chi connectivity index (χ0v) is 13.0. The van der Waals surface area contributed by atoms with E-state index >= 15 is 0 Å². The lowest BCUT2D eigenvalue weighted by Crippen LogP contribution is -2.36. The number of hydrogen-bond acceptors (Lipinski definition) is 6. The summed E-state index contributed by atoms with van der Waals surface area (Å²) in [7, 11) is 0. The quantitative estimate of drug-likeness (QED) is 0.609. The van der Waals surface area contributed by atoms with Gasteiger partial charge >= 0.3 is 18.2 Å². The van der Waals surface area contributed by atoms with Crippen molar-refractivity contribution in [3.05, 3.63) is 46.1 Å². The third kappa shape index (κ3) is 3.17. The van der Waals surface area contributed by atoms with Gasteiger partial charge in [-0.1, -0.05) is 12.1 Å². The molecule has 1 fully saturated rings. The zero-order valence-electron chi connectivity index (χ0n) is 13.0. The Labute approximate surface area is 144 Å². The van der Waals surface area contributed by atoms with Crippen LogP contribution in [0.3, 0.4) is 0 Å². The highest BCUT2D eigenvalue weighted by atomic mass is 19.4. The minimum Gasteiger partial charge on any atom is -0.440 e. The highest BCUT2D eigenvalue weighted by molar-refractivity contribution is 5.30. The van der Waals surface area contributed by atoms with Gasteiger partial charge in [0.15, 0.2) is 0 Å². The predicted octanol–water partition coefficient (Wildman–Crippen LogP) is 2.98.